The Hall–Kier alpha value is -4.02. The van der Waals surface area contributed by atoms with Crippen LogP contribution in [0.1, 0.15) is 21.7 Å². The summed E-state index contributed by atoms with van der Waals surface area (Å²) in [5.41, 5.74) is 1.34. The van der Waals surface area contributed by atoms with Gasteiger partial charge in [-0.15, -0.1) is 0 Å². The molecule has 8 nitrogen and oxygen atoms in total. The molecule has 0 bridgehead atoms. The van der Waals surface area contributed by atoms with Gasteiger partial charge in [-0.05, 0) is 30.7 Å². The van der Waals surface area contributed by atoms with Gasteiger partial charge in [-0.1, -0.05) is 0 Å². The highest BCUT2D eigenvalue weighted by molar-refractivity contribution is 6.04. The number of hydrogen-bond acceptors (Lipinski definition) is 6. The Labute approximate surface area is 173 Å². The first-order valence-corrected chi connectivity index (χ1v) is 8.96. The molecule has 31 heavy (non-hydrogen) atoms. The molecule has 1 aromatic carbocycles. The predicted molar refractivity (Wildman–Crippen MR) is 105 cm³/mol. The fourth-order valence-corrected chi connectivity index (χ4v) is 3.00. The molecule has 0 spiro atoms. The number of carbonyl (C=O) groups excluding carboxylic acids is 1. The van der Waals surface area contributed by atoms with Crippen LogP contribution in [0.15, 0.2) is 49.1 Å². The minimum Gasteiger partial charge on any atom is -0.497 e. The van der Waals surface area contributed by atoms with E-state index >= 15 is 0 Å². The molecule has 11 heteroatoms. The molecule has 0 aliphatic carbocycles. The maximum atomic E-state index is 13.6. The molecule has 1 N–H and O–H groups in total. The van der Waals surface area contributed by atoms with E-state index in [1.165, 1.54) is 37.7 Å². The summed E-state index contributed by atoms with van der Waals surface area (Å²) in [6.07, 6.45) is 0.553. The Morgan fingerprint density at radius 2 is 1.94 bits per heavy atom. The molecule has 1 amide bonds. The van der Waals surface area contributed by atoms with Crippen molar-refractivity contribution in [2.75, 3.05) is 12.4 Å². The molecule has 4 aromatic rings. The van der Waals surface area contributed by atoms with Gasteiger partial charge in [-0.3, -0.25) is 14.3 Å². The Kier molecular flexibility index (Phi) is 5.01. The normalized spacial score (nSPS) is 11.5. The fourth-order valence-electron chi connectivity index (χ4n) is 3.00. The Morgan fingerprint density at radius 3 is 2.58 bits per heavy atom. The van der Waals surface area contributed by atoms with E-state index in [1.54, 1.807) is 19.2 Å². The number of nitrogens with zero attached hydrogens (tertiary/aromatic N) is 5. The Morgan fingerprint density at radius 1 is 1.13 bits per heavy atom. The van der Waals surface area contributed by atoms with Crippen LogP contribution in [0.25, 0.3) is 16.9 Å². The zero-order chi connectivity index (χ0) is 22.2. The van der Waals surface area contributed by atoms with Gasteiger partial charge in [0.25, 0.3) is 5.91 Å². The van der Waals surface area contributed by atoms with E-state index in [9.17, 15) is 18.0 Å². The van der Waals surface area contributed by atoms with Crippen molar-refractivity contribution in [3.8, 4) is 11.6 Å². The lowest BCUT2D eigenvalue weighted by Crippen LogP contribution is -2.16. The molecule has 0 radical (unpaired) electrons. The van der Waals surface area contributed by atoms with E-state index in [1.807, 2.05) is 0 Å². The molecule has 0 saturated carbocycles. The highest BCUT2D eigenvalue weighted by Crippen LogP contribution is 2.34. The monoisotopic (exact) mass is 428 g/mol. The number of pyridine rings is 1. The van der Waals surface area contributed by atoms with Crippen LogP contribution in [-0.4, -0.2) is 37.5 Å². The third-order valence-electron chi connectivity index (χ3n) is 4.51. The molecule has 0 unspecified atom stereocenters. The number of nitrogens with one attached hydrogen (secondary N) is 1. The summed E-state index contributed by atoms with van der Waals surface area (Å²) in [5.74, 6) is -1.25. The zero-order valence-electron chi connectivity index (χ0n) is 16.3. The highest BCUT2D eigenvalue weighted by atomic mass is 19.4. The maximum Gasteiger partial charge on any atom is 0.450 e. The van der Waals surface area contributed by atoms with Crippen molar-refractivity contribution in [2.45, 2.75) is 13.1 Å². The summed E-state index contributed by atoms with van der Waals surface area (Å²) in [6, 6.07) is 6.07. The van der Waals surface area contributed by atoms with E-state index in [4.69, 9.17) is 4.74 Å². The van der Waals surface area contributed by atoms with E-state index in [-0.39, 0.29) is 22.7 Å². The van der Waals surface area contributed by atoms with Gasteiger partial charge in [0.05, 0.1) is 36.1 Å². The van der Waals surface area contributed by atoms with Gasteiger partial charge in [0.15, 0.2) is 11.6 Å². The van der Waals surface area contributed by atoms with E-state index < -0.39 is 17.9 Å². The van der Waals surface area contributed by atoms with Crippen LogP contribution >= 0.6 is 0 Å². The lowest BCUT2D eigenvalue weighted by Gasteiger charge is -2.11. The van der Waals surface area contributed by atoms with Gasteiger partial charge in [-0.25, -0.2) is 15.0 Å². The molecule has 0 saturated heterocycles. The first-order chi connectivity index (χ1) is 14.8. The van der Waals surface area contributed by atoms with Crippen molar-refractivity contribution in [3.63, 3.8) is 0 Å². The molecule has 4 rings (SSSR count). The van der Waals surface area contributed by atoms with Crippen LogP contribution in [0, 0.1) is 6.92 Å². The smallest absolute Gasteiger partial charge is 0.450 e. The number of rotatable bonds is 4. The predicted octanol–water partition coefficient (Wildman–Crippen LogP) is 3.80. The number of carbonyl (C=O) groups is 1. The number of ether oxygens (including phenoxy) is 1. The van der Waals surface area contributed by atoms with Crippen molar-refractivity contribution in [1.82, 2.24) is 24.5 Å². The summed E-state index contributed by atoms with van der Waals surface area (Å²) in [5, 5.41) is 2.55. The number of hydrogen-bond donors (Lipinski definition) is 1. The van der Waals surface area contributed by atoms with Gasteiger partial charge in [0.1, 0.15) is 5.75 Å². The lowest BCUT2D eigenvalue weighted by molar-refractivity contribution is -0.145. The lowest BCUT2D eigenvalue weighted by atomic mass is 10.1. The van der Waals surface area contributed by atoms with Gasteiger partial charge in [-0.2, -0.15) is 13.2 Å². The van der Waals surface area contributed by atoms with E-state index in [0.29, 0.717) is 16.9 Å². The van der Waals surface area contributed by atoms with Crippen LogP contribution in [0.2, 0.25) is 0 Å². The number of methoxy groups -OCH3 is 1. The fraction of sp³-hybridized carbons (Fsp3) is 0.150. The molecule has 0 aliphatic rings. The zero-order valence-corrected chi connectivity index (χ0v) is 16.3. The standard InChI is InChI=1S/C20H15F3N6O2/c1-11-5-6-24-8-13(11)18(30)28-16-9-26-17(10-25-16)29-15-4-3-12(31-2)7-14(15)27-19(29)20(21,22)23/h3-10H,1-2H3,(H,25,28,30). The first kappa shape index (κ1) is 20.3. The van der Waals surface area contributed by atoms with Crippen molar-refractivity contribution in [1.29, 1.82) is 0 Å². The topological polar surface area (TPSA) is 94.8 Å². The molecular formula is C20H15F3N6O2. The minimum atomic E-state index is -4.72. The average Bonchev–Trinajstić information content (AvgIpc) is 3.14. The number of aromatic nitrogens is 5. The third-order valence-corrected chi connectivity index (χ3v) is 4.51. The van der Waals surface area contributed by atoms with Crippen molar-refractivity contribution in [2.24, 2.45) is 0 Å². The second kappa shape index (κ2) is 7.67. The van der Waals surface area contributed by atoms with Crippen molar-refractivity contribution < 1.29 is 22.7 Å². The minimum absolute atomic E-state index is 0.0802. The van der Waals surface area contributed by atoms with Gasteiger partial charge in [0, 0.05) is 18.5 Å². The number of benzene rings is 1. The molecule has 3 heterocycles. The average molecular weight is 428 g/mol. The molecular weight excluding hydrogens is 413 g/mol. The van der Waals surface area contributed by atoms with Gasteiger partial charge in [0.2, 0.25) is 5.82 Å². The molecule has 0 atom stereocenters. The highest BCUT2D eigenvalue weighted by Gasteiger charge is 2.38. The van der Waals surface area contributed by atoms with E-state index in [2.05, 4.69) is 25.3 Å². The number of alkyl halides is 3. The third kappa shape index (κ3) is 3.89. The van der Waals surface area contributed by atoms with E-state index in [0.717, 1.165) is 10.8 Å². The first-order valence-electron chi connectivity index (χ1n) is 8.96. The van der Waals surface area contributed by atoms with Crippen LogP contribution in [0.5, 0.6) is 5.75 Å². The number of imidazole rings is 1. The quantitative estimate of drug-likeness (QED) is 0.531. The van der Waals surface area contributed by atoms with Crippen LogP contribution in [0.4, 0.5) is 19.0 Å². The SMILES string of the molecule is COc1ccc2c(c1)nc(C(F)(F)F)n2-c1cnc(NC(=O)c2cnccc2C)cn1. The Balaban J connectivity index is 1.70. The van der Waals surface area contributed by atoms with Gasteiger partial charge < -0.3 is 10.1 Å². The van der Waals surface area contributed by atoms with Gasteiger partial charge >= 0.3 is 6.18 Å². The summed E-state index contributed by atoms with van der Waals surface area (Å²) < 4.78 is 46.7. The van der Waals surface area contributed by atoms with Crippen molar-refractivity contribution in [3.05, 3.63) is 66.0 Å². The maximum absolute atomic E-state index is 13.6. The molecule has 158 valence electrons. The van der Waals surface area contributed by atoms with Crippen LogP contribution in [-0.2, 0) is 6.18 Å². The summed E-state index contributed by atoms with van der Waals surface area (Å²) in [6.45, 7) is 1.75. The number of halogens is 3. The second-order valence-electron chi connectivity index (χ2n) is 6.53. The second-order valence-corrected chi connectivity index (χ2v) is 6.53. The van der Waals surface area contributed by atoms with Crippen LogP contribution in [0.3, 0.4) is 0 Å². The molecule has 0 aliphatic heterocycles. The number of anilines is 1. The summed E-state index contributed by atoms with van der Waals surface area (Å²) in [7, 11) is 1.41. The van der Waals surface area contributed by atoms with Crippen LogP contribution < -0.4 is 10.1 Å². The number of aryl methyl sites for hydroxylation is 1. The van der Waals surface area contributed by atoms with Crippen molar-refractivity contribution >= 4 is 22.8 Å². The Bertz CT molecular complexity index is 1270. The summed E-state index contributed by atoms with van der Waals surface area (Å²) >= 11 is 0. The summed E-state index contributed by atoms with van der Waals surface area (Å²) in [4.78, 5) is 28.1. The molecule has 3 aromatic heterocycles. The number of amides is 1. The largest absolute Gasteiger partial charge is 0.497 e. The number of fused-ring (bicyclic) bond motifs is 1. The molecule has 0 fully saturated rings.